The molecule has 4 nitrogen and oxygen atoms in total. The lowest BCUT2D eigenvalue weighted by atomic mass is 10.2. The van der Waals surface area contributed by atoms with Gasteiger partial charge in [0.25, 0.3) is 0 Å². The standard InChI is InChI=1S/C14H8ClNO3/c15-12-4-2-1-3-11(12)13-6-5-10(19-13)7-9(8-16)14(17)18/h1-7H,(H,17,18). The number of rotatable bonds is 3. The Kier molecular flexibility index (Phi) is 3.69. The molecule has 0 unspecified atom stereocenters. The van der Waals surface area contributed by atoms with E-state index in [0.717, 1.165) is 0 Å². The first kappa shape index (κ1) is 12.9. The molecule has 0 radical (unpaired) electrons. The molecule has 2 aromatic rings. The number of hydrogen-bond donors (Lipinski definition) is 1. The summed E-state index contributed by atoms with van der Waals surface area (Å²) in [7, 11) is 0. The van der Waals surface area contributed by atoms with Crippen LogP contribution in [-0.4, -0.2) is 11.1 Å². The van der Waals surface area contributed by atoms with E-state index in [9.17, 15) is 4.79 Å². The zero-order chi connectivity index (χ0) is 13.8. The van der Waals surface area contributed by atoms with Crippen LogP contribution in [0.5, 0.6) is 0 Å². The molecule has 0 fully saturated rings. The molecule has 1 N–H and O–H groups in total. The van der Waals surface area contributed by atoms with E-state index >= 15 is 0 Å². The number of furan rings is 1. The molecule has 94 valence electrons. The van der Waals surface area contributed by atoms with Crippen LogP contribution in [0.4, 0.5) is 0 Å². The summed E-state index contributed by atoms with van der Waals surface area (Å²) >= 11 is 6.03. The smallest absolute Gasteiger partial charge is 0.346 e. The second-order valence-corrected chi connectivity index (χ2v) is 4.06. The van der Waals surface area contributed by atoms with Gasteiger partial charge < -0.3 is 9.52 Å². The highest BCUT2D eigenvalue weighted by molar-refractivity contribution is 6.33. The topological polar surface area (TPSA) is 74.2 Å². The average molecular weight is 274 g/mol. The van der Waals surface area contributed by atoms with Crippen LogP contribution in [0.15, 0.2) is 46.4 Å². The summed E-state index contributed by atoms with van der Waals surface area (Å²) in [6, 6.07) is 12.0. The van der Waals surface area contributed by atoms with Crippen molar-refractivity contribution in [1.82, 2.24) is 0 Å². The molecule has 2 rings (SSSR count). The molecule has 0 bridgehead atoms. The lowest BCUT2D eigenvalue weighted by Gasteiger charge is -1.98. The van der Waals surface area contributed by atoms with Gasteiger partial charge in [-0.25, -0.2) is 4.79 Å². The number of aliphatic carboxylic acids is 1. The quantitative estimate of drug-likeness (QED) is 0.685. The molecule has 0 spiro atoms. The Morgan fingerprint density at radius 1 is 1.32 bits per heavy atom. The molecular weight excluding hydrogens is 266 g/mol. The van der Waals surface area contributed by atoms with Crippen LogP contribution >= 0.6 is 11.6 Å². The number of nitriles is 1. The van der Waals surface area contributed by atoms with E-state index in [1.165, 1.54) is 6.08 Å². The van der Waals surface area contributed by atoms with E-state index in [2.05, 4.69) is 0 Å². The monoisotopic (exact) mass is 273 g/mol. The predicted molar refractivity (Wildman–Crippen MR) is 70.4 cm³/mol. The van der Waals surface area contributed by atoms with E-state index in [1.54, 1.807) is 36.4 Å². The summed E-state index contributed by atoms with van der Waals surface area (Å²) in [5.41, 5.74) is 0.317. The molecule has 0 aliphatic carbocycles. The molecule has 1 heterocycles. The molecule has 0 aliphatic rings. The lowest BCUT2D eigenvalue weighted by molar-refractivity contribution is -0.132. The number of halogens is 1. The van der Waals surface area contributed by atoms with E-state index in [1.807, 2.05) is 6.07 Å². The van der Waals surface area contributed by atoms with Crippen molar-refractivity contribution in [1.29, 1.82) is 5.26 Å². The minimum atomic E-state index is -1.29. The average Bonchev–Trinajstić information content (AvgIpc) is 2.84. The molecule has 0 amide bonds. The molecule has 5 heteroatoms. The second kappa shape index (κ2) is 5.42. The van der Waals surface area contributed by atoms with Crippen molar-refractivity contribution in [2.75, 3.05) is 0 Å². The van der Waals surface area contributed by atoms with Crippen molar-refractivity contribution < 1.29 is 14.3 Å². The van der Waals surface area contributed by atoms with E-state index in [-0.39, 0.29) is 11.3 Å². The molecule has 0 aliphatic heterocycles. The fourth-order valence-electron chi connectivity index (χ4n) is 1.52. The van der Waals surface area contributed by atoms with Crippen molar-refractivity contribution in [3.63, 3.8) is 0 Å². The highest BCUT2D eigenvalue weighted by Crippen LogP contribution is 2.29. The summed E-state index contributed by atoms with van der Waals surface area (Å²) in [4.78, 5) is 10.7. The van der Waals surface area contributed by atoms with E-state index in [0.29, 0.717) is 16.3 Å². The van der Waals surface area contributed by atoms with Gasteiger partial charge in [-0.15, -0.1) is 0 Å². The number of carboxylic acids is 1. The third-order valence-corrected chi connectivity index (χ3v) is 2.73. The lowest BCUT2D eigenvalue weighted by Crippen LogP contribution is -1.96. The normalized spacial score (nSPS) is 11.1. The second-order valence-electron chi connectivity index (χ2n) is 3.66. The Morgan fingerprint density at radius 2 is 2.05 bits per heavy atom. The maximum absolute atomic E-state index is 10.7. The van der Waals surface area contributed by atoms with Gasteiger partial charge in [-0.2, -0.15) is 5.26 Å². The number of carbonyl (C=O) groups is 1. The Bertz CT molecular complexity index is 695. The molecule has 0 saturated heterocycles. The number of nitrogens with zero attached hydrogens (tertiary/aromatic N) is 1. The van der Waals surface area contributed by atoms with Gasteiger partial charge in [-0.1, -0.05) is 23.7 Å². The molecule has 19 heavy (non-hydrogen) atoms. The number of hydrogen-bond acceptors (Lipinski definition) is 3. The molecular formula is C14H8ClNO3. The fraction of sp³-hybridized carbons (Fsp3) is 0. The minimum Gasteiger partial charge on any atom is -0.477 e. The van der Waals surface area contributed by atoms with Crippen molar-refractivity contribution in [2.45, 2.75) is 0 Å². The van der Waals surface area contributed by atoms with E-state index < -0.39 is 5.97 Å². The summed E-state index contributed by atoms with van der Waals surface area (Å²) in [6.07, 6.45) is 1.17. The van der Waals surface area contributed by atoms with Crippen LogP contribution in [0.1, 0.15) is 5.76 Å². The zero-order valence-corrected chi connectivity index (χ0v) is 10.4. The Morgan fingerprint density at radius 3 is 2.68 bits per heavy atom. The first-order valence-electron chi connectivity index (χ1n) is 5.31. The van der Waals surface area contributed by atoms with Crippen LogP contribution in [0.25, 0.3) is 17.4 Å². The van der Waals surface area contributed by atoms with Gasteiger partial charge in [-0.3, -0.25) is 0 Å². The summed E-state index contributed by atoms with van der Waals surface area (Å²) in [5.74, 6) is -0.494. The highest BCUT2D eigenvalue weighted by atomic mass is 35.5. The Labute approximate surface area is 114 Å². The minimum absolute atomic E-state index is 0.286. The maximum Gasteiger partial charge on any atom is 0.346 e. The largest absolute Gasteiger partial charge is 0.477 e. The predicted octanol–water partition coefficient (Wildman–Crippen LogP) is 3.59. The molecule has 0 atom stereocenters. The van der Waals surface area contributed by atoms with E-state index in [4.69, 9.17) is 26.4 Å². The Hall–Kier alpha value is -2.51. The summed E-state index contributed by atoms with van der Waals surface area (Å²) in [5, 5.41) is 17.9. The Balaban J connectivity index is 2.38. The van der Waals surface area contributed by atoms with Crippen molar-refractivity contribution >= 4 is 23.6 Å². The SMILES string of the molecule is N#CC(=Cc1ccc(-c2ccccc2Cl)o1)C(=O)O. The first-order valence-corrected chi connectivity index (χ1v) is 5.69. The number of carboxylic acid groups (broad SMARTS) is 1. The van der Waals surface area contributed by atoms with Gasteiger partial charge in [0.1, 0.15) is 23.2 Å². The third kappa shape index (κ3) is 2.84. The van der Waals surface area contributed by atoms with Crippen molar-refractivity contribution in [3.05, 3.63) is 52.8 Å². The van der Waals surface area contributed by atoms with Gasteiger partial charge >= 0.3 is 5.97 Å². The van der Waals surface area contributed by atoms with Gasteiger partial charge in [0.2, 0.25) is 0 Å². The van der Waals surface area contributed by atoms with Crippen molar-refractivity contribution in [3.8, 4) is 17.4 Å². The van der Waals surface area contributed by atoms with Crippen molar-refractivity contribution in [2.24, 2.45) is 0 Å². The summed E-state index contributed by atoms with van der Waals surface area (Å²) < 4.78 is 5.46. The van der Waals surface area contributed by atoms with Crippen LogP contribution in [0.2, 0.25) is 5.02 Å². The van der Waals surface area contributed by atoms with Crippen LogP contribution in [-0.2, 0) is 4.79 Å². The molecule has 0 saturated carbocycles. The van der Waals surface area contributed by atoms with Gasteiger partial charge in [-0.05, 0) is 24.3 Å². The first-order chi connectivity index (χ1) is 9.11. The maximum atomic E-state index is 10.7. The molecule has 1 aromatic carbocycles. The van der Waals surface area contributed by atoms with Gasteiger partial charge in [0, 0.05) is 11.6 Å². The zero-order valence-electron chi connectivity index (χ0n) is 9.63. The summed E-state index contributed by atoms with van der Waals surface area (Å²) in [6.45, 7) is 0. The third-order valence-electron chi connectivity index (χ3n) is 2.40. The molecule has 1 aromatic heterocycles. The fourth-order valence-corrected chi connectivity index (χ4v) is 1.75. The van der Waals surface area contributed by atoms with Gasteiger partial charge in [0.05, 0.1) is 5.02 Å². The number of benzene rings is 1. The van der Waals surface area contributed by atoms with Crippen LogP contribution < -0.4 is 0 Å². The highest BCUT2D eigenvalue weighted by Gasteiger charge is 2.10. The van der Waals surface area contributed by atoms with Crippen LogP contribution in [0, 0.1) is 11.3 Å². The van der Waals surface area contributed by atoms with Crippen LogP contribution in [0.3, 0.4) is 0 Å². The van der Waals surface area contributed by atoms with Gasteiger partial charge in [0.15, 0.2) is 0 Å².